The summed E-state index contributed by atoms with van der Waals surface area (Å²) in [6.07, 6.45) is 2.03. The van der Waals surface area contributed by atoms with Crippen molar-refractivity contribution >= 4 is 11.6 Å². The number of aromatic hydroxyl groups is 1. The summed E-state index contributed by atoms with van der Waals surface area (Å²) >= 11 is 6.08. The summed E-state index contributed by atoms with van der Waals surface area (Å²) in [5.74, 6) is 0.655. The second-order valence-corrected chi connectivity index (χ2v) is 4.80. The minimum atomic E-state index is -0.0647. The van der Waals surface area contributed by atoms with E-state index in [4.69, 9.17) is 22.1 Å². The summed E-state index contributed by atoms with van der Waals surface area (Å²) in [5.41, 5.74) is 7.48. The fourth-order valence-electron chi connectivity index (χ4n) is 2.14. The Labute approximate surface area is 100 Å². The van der Waals surface area contributed by atoms with Crippen molar-refractivity contribution in [3.8, 4) is 11.5 Å². The van der Waals surface area contributed by atoms with Crippen LogP contribution >= 0.6 is 11.6 Å². The van der Waals surface area contributed by atoms with Crippen molar-refractivity contribution in [2.45, 2.75) is 25.2 Å². The van der Waals surface area contributed by atoms with Crippen LogP contribution < -0.4 is 10.5 Å². The third kappa shape index (κ3) is 1.55. The largest absolute Gasteiger partial charge is 0.506 e. The number of aryl methyl sites for hydroxylation is 1. The molecule has 1 aliphatic carbocycles. The Hall–Kier alpha value is -0.930. The predicted octanol–water partition coefficient (Wildman–Crippen LogP) is 2.35. The zero-order valence-electron chi connectivity index (χ0n) is 9.51. The van der Waals surface area contributed by atoms with Gasteiger partial charge in [0.2, 0.25) is 0 Å². The van der Waals surface area contributed by atoms with E-state index in [1.165, 1.54) is 0 Å². The first-order chi connectivity index (χ1) is 7.55. The highest BCUT2D eigenvalue weighted by Gasteiger charge is 2.45. The molecule has 0 aromatic heterocycles. The summed E-state index contributed by atoms with van der Waals surface area (Å²) in [6.45, 7) is 2.46. The lowest BCUT2D eigenvalue weighted by Crippen LogP contribution is -2.20. The van der Waals surface area contributed by atoms with Gasteiger partial charge < -0.3 is 15.6 Å². The number of hydrogen-bond acceptors (Lipinski definition) is 3. The summed E-state index contributed by atoms with van der Waals surface area (Å²) in [7, 11) is 1.54. The Morgan fingerprint density at radius 1 is 1.56 bits per heavy atom. The van der Waals surface area contributed by atoms with Crippen LogP contribution in [-0.2, 0) is 5.41 Å². The molecule has 1 aliphatic rings. The van der Waals surface area contributed by atoms with Gasteiger partial charge in [0.15, 0.2) is 0 Å². The maximum absolute atomic E-state index is 10.1. The molecule has 1 saturated carbocycles. The van der Waals surface area contributed by atoms with E-state index in [0.717, 1.165) is 24.0 Å². The van der Waals surface area contributed by atoms with Crippen LogP contribution in [0.3, 0.4) is 0 Å². The first-order valence-electron chi connectivity index (χ1n) is 5.32. The highest BCUT2D eigenvalue weighted by atomic mass is 35.5. The van der Waals surface area contributed by atoms with Crippen LogP contribution in [0.5, 0.6) is 11.5 Å². The molecule has 0 unspecified atom stereocenters. The monoisotopic (exact) mass is 241 g/mol. The highest BCUT2D eigenvalue weighted by molar-refractivity contribution is 6.33. The zero-order valence-corrected chi connectivity index (χ0v) is 10.3. The molecule has 1 aromatic rings. The molecule has 3 nitrogen and oxygen atoms in total. The van der Waals surface area contributed by atoms with E-state index in [1.807, 2.05) is 13.0 Å². The van der Waals surface area contributed by atoms with E-state index in [-0.39, 0.29) is 16.2 Å². The van der Waals surface area contributed by atoms with Crippen LogP contribution in [0.15, 0.2) is 6.07 Å². The summed E-state index contributed by atoms with van der Waals surface area (Å²) in [5, 5.41) is 10.4. The molecule has 0 amide bonds. The lowest BCUT2D eigenvalue weighted by molar-refractivity contribution is 0.402. The molecule has 0 bridgehead atoms. The SMILES string of the molecule is COc1c(C)cc(C2(CN)CC2)c(O)c1Cl. The van der Waals surface area contributed by atoms with E-state index in [9.17, 15) is 5.11 Å². The van der Waals surface area contributed by atoms with E-state index in [2.05, 4.69) is 0 Å². The van der Waals surface area contributed by atoms with Gasteiger partial charge in [-0.2, -0.15) is 0 Å². The third-order valence-electron chi connectivity index (χ3n) is 3.40. The van der Waals surface area contributed by atoms with Crippen molar-refractivity contribution in [3.05, 3.63) is 22.2 Å². The Morgan fingerprint density at radius 3 is 2.62 bits per heavy atom. The van der Waals surface area contributed by atoms with Crippen molar-refractivity contribution in [2.75, 3.05) is 13.7 Å². The van der Waals surface area contributed by atoms with E-state index in [1.54, 1.807) is 7.11 Å². The predicted molar refractivity (Wildman–Crippen MR) is 64.4 cm³/mol. The average molecular weight is 242 g/mol. The standard InChI is InChI=1S/C12H16ClNO2/c1-7-5-8(12(6-14)3-4-12)10(15)9(13)11(7)16-2/h5,15H,3-4,6,14H2,1-2H3. The van der Waals surface area contributed by atoms with Gasteiger partial charge in [0, 0.05) is 17.5 Å². The molecule has 1 aromatic carbocycles. The Balaban J connectivity index is 2.57. The van der Waals surface area contributed by atoms with Gasteiger partial charge in [-0.1, -0.05) is 11.6 Å². The fourth-order valence-corrected chi connectivity index (χ4v) is 2.47. The summed E-state index contributed by atoms with van der Waals surface area (Å²) in [6, 6.07) is 1.93. The molecule has 0 aliphatic heterocycles. The number of phenols is 1. The summed E-state index contributed by atoms with van der Waals surface area (Å²) in [4.78, 5) is 0. The van der Waals surface area contributed by atoms with Crippen LogP contribution in [0.25, 0.3) is 0 Å². The Morgan fingerprint density at radius 2 is 2.19 bits per heavy atom. The average Bonchev–Trinajstić information content (AvgIpc) is 3.05. The molecular formula is C12H16ClNO2. The highest BCUT2D eigenvalue weighted by Crippen LogP contribution is 2.53. The molecule has 1 fully saturated rings. The molecule has 0 spiro atoms. The molecule has 3 N–H and O–H groups in total. The third-order valence-corrected chi connectivity index (χ3v) is 3.75. The van der Waals surface area contributed by atoms with Crippen LogP contribution in [0.2, 0.25) is 5.02 Å². The molecule has 0 atom stereocenters. The Kier molecular flexibility index (Phi) is 2.76. The number of methoxy groups -OCH3 is 1. The van der Waals surface area contributed by atoms with Gasteiger partial charge >= 0.3 is 0 Å². The molecule has 88 valence electrons. The van der Waals surface area contributed by atoms with Crippen LogP contribution in [0.1, 0.15) is 24.0 Å². The number of phenolic OH excluding ortho intramolecular Hbond substituents is 1. The van der Waals surface area contributed by atoms with Crippen molar-refractivity contribution < 1.29 is 9.84 Å². The normalized spacial score (nSPS) is 17.2. The molecule has 4 heteroatoms. The molecule has 2 rings (SSSR count). The number of rotatable bonds is 3. The smallest absolute Gasteiger partial charge is 0.144 e. The molecule has 0 saturated heterocycles. The molecule has 0 radical (unpaired) electrons. The van der Waals surface area contributed by atoms with Gasteiger partial charge in [-0.05, 0) is 31.4 Å². The lowest BCUT2D eigenvalue weighted by Gasteiger charge is -2.18. The second kappa shape index (κ2) is 3.82. The van der Waals surface area contributed by atoms with Gasteiger partial charge in [0.25, 0.3) is 0 Å². The number of ether oxygens (including phenoxy) is 1. The maximum atomic E-state index is 10.1. The van der Waals surface area contributed by atoms with Crippen molar-refractivity contribution in [3.63, 3.8) is 0 Å². The maximum Gasteiger partial charge on any atom is 0.144 e. The quantitative estimate of drug-likeness (QED) is 0.854. The van der Waals surface area contributed by atoms with Gasteiger partial charge in [-0.15, -0.1) is 0 Å². The van der Waals surface area contributed by atoms with Gasteiger partial charge in [0.1, 0.15) is 16.5 Å². The molecule has 16 heavy (non-hydrogen) atoms. The second-order valence-electron chi connectivity index (χ2n) is 4.42. The van der Waals surface area contributed by atoms with Crippen molar-refractivity contribution in [2.24, 2.45) is 5.73 Å². The Bertz CT molecular complexity index is 428. The minimum absolute atomic E-state index is 0.0647. The number of nitrogens with two attached hydrogens (primary N) is 1. The zero-order chi connectivity index (χ0) is 11.9. The van der Waals surface area contributed by atoms with Gasteiger partial charge in [-0.25, -0.2) is 0 Å². The van der Waals surface area contributed by atoms with Gasteiger partial charge in [0.05, 0.1) is 7.11 Å². The summed E-state index contributed by atoms with van der Waals surface area (Å²) < 4.78 is 5.16. The topological polar surface area (TPSA) is 55.5 Å². The number of benzene rings is 1. The van der Waals surface area contributed by atoms with Crippen LogP contribution in [-0.4, -0.2) is 18.8 Å². The van der Waals surface area contributed by atoms with Crippen molar-refractivity contribution in [1.82, 2.24) is 0 Å². The van der Waals surface area contributed by atoms with Crippen molar-refractivity contribution in [1.29, 1.82) is 0 Å². The molecule has 0 heterocycles. The first-order valence-corrected chi connectivity index (χ1v) is 5.70. The van der Waals surface area contributed by atoms with Crippen LogP contribution in [0, 0.1) is 6.92 Å². The molecular weight excluding hydrogens is 226 g/mol. The lowest BCUT2D eigenvalue weighted by atomic mass is 9.93. The first kappa shape index (κ1) is 11.6. The van der Waals surface area contributed by atoms with Crippen LogP contribution in [0.4, 0.5) is 0 Å². The van der Waals surface area contributed by atoms with Gasteiger partial charge in [-0.3, -0.25) is 0 Å². The van der Waals surface area contributed by atoms with E-state index >= 15 is 0 Å². The van der Waals surface area contributed by atoms with E-state index in [0.29, 0.717) is 12.3 Å². The number of hydrogen-bond donors (Lipinski definition) is 2. The fraction of sp³-hybridized carbons (Fsp3) is 0.500. The van der Waals surface area contributed by atoms with E-state index < -0.39 is 0 Å². The minimum Gasteiger partial charge on any atom is -0.506 e. The number of halogens is 1.